The summed E-state index contributed by atoms with van der Waals surface area (Å²) in [5, 5.41) is 35.5. The number of aliphatic hydroxyl groups excluding tert-OH is 1. The number of carboxylic acids is 2. The van der Waals surface area contributed by atoms with Crippen molar-refractivity contribution < 1.29 is 39.3 Å². The average Bonchev–Trinajstić information content (AvgIpc) is 2.78. The number of aliphatic hydroxyl groups is 1. The van der Waals surface area contributed by atoms with Crippen LogP contribution in [0.1, 0.15) is 39.2 Å². The zero-order valence-electron chi connectivity index (χ0n) is 19.9. The third kappa shape index (κ3) is 10.1. The molecule has 1 aromatic rings. The van der Waals surface area contributed by atoms with E-state index in [2.05, 4.69) is 16.0 Å². The van der Waals surface area contributed by atoms with E-state index in [0.717, 1.165) is 0 Å². The van der Waals surface area contributed by atoms with Gasteiger partial charge in [0, 0.05) is 12.8 Å². The molecule has 3 amide bonds. The van der Waals surface area contributed by atoms with E-state index in [1.165, 1.54) is 6.92 Å². The van der Waals surface area contributed by atoms with Crippen LogP contribution >= 0.6 is 0 Å². The van der Waals surface area contributed by atoms with Gasteiger partial charge < -0.3 is 37.0 Å². The minimum atomic E-state index is -1.48. The molecule has 12 nitrogen and oxygen atoms in total. The van der Waals surface area contributed by atoms with Crippen molar-refractivity contribution in [2.75, 3.05) is 0 Å². The molecule has 0 aliphatic carbocycles. The van der Waals surface area contributed by atoms with Crippen molar-refractivity contribution in [3.8, 4) is 0 Å². The summed E-state index contributed by atoms with van der Waals surface area (Å²) in [6.07, 6.45) is -2.26. The number of carboxylic acid groups (broad SMARTS) is 2. The number of carbonyl (C=O) groups excluding carboxylic acids is 3. The first-order valence-electron chi connectivity index (χ1n) is 11.2. The maximum Gasteiger partial charge on any atom is 0.326 e. The average molecular weight is 495 g/mol. The van der Waals surface area contributed by atoms with Crippen LogP contribution in [0.3, 0.4) is 0 Å². The zero-order valence-corrected chi connectivity index (χ0v) is 19.9. The second-order valence-electron chi connectivity index (χ2n) is 8.58. The molecule has 0 spiro atoms. The van der Waals surface area contributed by atoms with Crippen LogP contribution < -0.4 is 21.7 Å². The van der Waals surface area contributed by atoms with E-state index in [1.807, 2.05) is 0 Å². The summed E-state index contributed by atoms with van der Waals surface area (Å²) >= 11 is 0. The number of hydrogen-bond donors (Lipinski definition) is 7. The first-order chi connectivity index (χ1) is 16.3. The fraction of sp³-hybridized carbons (Fsp3) is 0.522. The minimum absolute atomic E-state index is 0.0407. The molecule has 5 atom stereocenters. The van der Waals surface area contributed by atoms with Gasteiger partial charge in [0.25, 0.3) is 0 Å². The Hall–Kier alpha value is -3.51. The Morgan fingerprint density at radius 3 is 1.91 bits per heavy atom. The number of nitrogens with one attached hydrogen (secondary N) is 3. The van der Waals surface area contributed by atoms with E-state index in [1.54, 1.807) is 44.2 Å². The highest BCUT2D eigenvalue weighted by molar-refractivity contribution is 5.94. The SMILES string of the molecule is CC(C)C(N)C(=O)NC(C(=O)NC(CCC(=O)O)C(=O)NC(Cc1ccccc1)C(=O)O)C(C)O. The van der Waals surface area contributed by atoms with Gasteiger partial charge in [-0.05, 0) is 24.8 Å². The Kier molecular flexibility index (Phi) is 11.8. The molecule has 0 aliphatic rings. The predicted octanol–water partition coefficient (Wildman–Crippen LogP) is -1.00. The van der Waals surface area contributed by atoms with Crippen molar-refractivity contribution in [2.45, 2.75) is 70.3 Å². The van der Waals surface area contributed by atoms with Gasteiger partial charge in [-0.1, -0.05) is 44.2 Å². The summed E-state index contributed by atoms with van der Waals surface area (Å²) < 4.78 is 0. The largest absolute Gasteiger partial charge is 0.481 e. The van der Waals surface area contributed by atoms with Crippen LogP contribution in [-0.4, -0.2) is 75.3 Å². The highest BCUT2D eigenvalue weighted by Gasteiger charge is 2.33. The van der Waals surface area contributed by atoms with Crippen LogP contribution in [0, 0.1) is 5.92 Å². The zero-order chi connectivity index (χ0) is 26.7. The molecular weight excluding hydrogens is 460 g/mol. The lowest BCUT2D eigenvalue weighted by molar-refractivity contribution is -0.143. The van der Waals surface area contributed by atoms with Gasteiger partial charge in [0.2, 0.25) is 17.7 Å². The van der Waals surface area contributed by atoms with E-state index in [-0.39, 0.29) is 18.8 Å². The lowest BCUT2D eigenvalue weighted by Crippen LogP contribution is -2.60. The van der Waals surface area contributed by atoms with Gasteiger partial charge >= 0.3 is 11.9 Å². The fourth-order valence-electron chi connectivity index (χ4n) is 3.08. The van der Waals surface area contributed by atoms with Gasteiger partial charge in [0.15, 0.2) is 0 Å². The molecule has 0 saturated heterocycles. The normalized spacial score (nSPS) is 15.3. The maximum absolute atomic E-state index is 12.9. The number of benzene rings is 1. The molecule has 1 rings (SSSR count). The molecule has 5 unspecified atom stereocenters. The Morgan fingerprint density at radius 2 is 1.43 bits per heavy atom. The van der Waals surface area contributed by atoms with Crippen LogP contribution in [0.15, 0.2) is 30.3 Å². The van der Waals surface area contributed by atoms with Crippen molar-refractivity contribution in [1.29, 1.82) is 0 Å². The van der Waals surface area contributed by atoms with Crippen molar-refractivity contribution >= 4 is 29.7 Å². The maximum atomic E-state index is 12.9. The topological polar surface area (TPSA) is 208 Å². The molecule has 0 saturated carbocycles. The van der Waals surface area contributed by atoms with Crippen molar-refractivity contribution in [1.82, 2.24) is 16.0 Å². The second-order valence-corrected chi connectivity index (χ2v) is 8.58. The van der Waals surface area contributed by atoms with Crippen LogP contribution in [0.5, 0.6) is 0 Å². The fourth-order valence-corrected chi connectivity index (χ4v) is 3.08. The molecule has 0 bridgehead atoms. The summed E-state index contributed by atoms with van der Waals surface area (Å²) in [5.41, 5.74) is 6.42. The summed E-state index contributed by atoms with van der Waals surface area (Å²) in [6, 6.07) is 3.33. The highest BCUT2D eigenvalue weighted by Crippen LogP contribution is 2.07. The van der Waals surface area contributed by atoms with Crippen LogP contribution in [0.2, 0.25) is 0 Å². The third-order valence-corrected chi connectivity index (χ3v) is 5.26. The molecule has 194 valence electrons. The van der Waals surface area contributed by atoms with E-state index in [4.69, 9.17) is 10.8 Å². The van der Waals surface area contributed by atoms with E-state index in [0.29, 0.717) is 5.56 Å². The van der Waals surface area contributed by atoms with Crippen molar-refractivity contribution in [2.24, 2.45) is 11.7 Å². The van der Waals surface area contributed by atoms with Gasteiger partial charge in [-0.2, -0.15) is 0 Å². The summed E-state index contributed by atoms with van der Waals surface area (Å²) in [4.78, 5) is 60.7. The molecule has 0 radical (unpaired) electrons. The van der Waals surface area contributed by atoms with Gasteiger partial charge in [0.1, 0.15) is 18.1 Å². The van der Waals surface area contributed by atoms with E-state index >= 15 is 0 Å². The molecule has 1 aromatic carbocycles. The van der Waals surface area contributed by atoms with Crippen LogP contribution in [-0.2, 0) is 30.4 Å². The lowest BCUT2D eigenvalue weighted by Gasteiger charge is -2.27. The quantitative estimate of drug-likeness (QED) is 0.169. The number of hydrogen-bond acceptors (Lipinski definition) is 7. The standard InChI is InChI=1S/C23H34N4O8/c1-12(2)18(24)21(32)27-19(13(3)28)22(33)25-15(9-10-17(29)30)20(31)26-16(23(34)35)11-14-7-5-4-6-8-14/h4-8,12-13,15-16,18-19,28H,9-11,24H2,1-3H3,(H,25,33)(H,26,31)(H,27,32)(H,29,30)(H,34,35). The lowest BCUT2D eigenvalue weighted by atomic mass is 10.0. The molecule has 35 heavy (non-hydrogen) atoms. The molecule has 0 fully saturated rings. The van der Waals surface area contributed by atoms with Crippen LogP contribution in [0.4, 0.5) is 0 Å². The second kappa shape index (κ2) is 14.0. The number of nitrogens with two attached hydrogens (primary N) is 1. The molecule has 0 heterocycles. The highest BCUT2D eigenvalue weighted by atomic mass is 16.4. The van der Waals surface area contributed by atoms with E-state index in [9.17, 15) is 34.2 Å². The number of carbonyl (C=O) groups is 5. The summed E-state index contributed by atoms with van der Waals surface area (Å²) in [6.45, 7) is 4.64. The first kappa shape index (κ1) is 29.5. The van der Waals surface area contributed by atoms with Crippen LogP contribution in [0.25, 0.3) is 0 Å². The van der Waals surface area contributed by atoms with Gasteiger partial charge in [-0.15, -0.1) is 0 Å². The van der Waals surface area contributed by atoms with Gasteiger partial charge in [-0.25, -0.2) is 4.79 Å². The van der Waals surface area contributed by atoms with Gasteiger partial charge in [0.05, 0.1) is 12.1 Å². The third-order valence-electron chi connectivity index (χ3n) is 5.26. The van der Waals surface area contributed by atoms with Gasteiger partial charge in [-0.3, -0.25) is 19.2 Å². The smallest absolute Gasteiger partial charge is 0.326 e. The molecule has 0 aromatic heterocycles. The van der Waals surface area contributed by atoms with E-state index < -0.39 is 66.4 Å². The monoisotopic (exact) mass is 494 g/mol. The molecule has 8 N–H and O–H groups in total. The summed E-state index contributed by atoms with van der Waals surface area (Å²) in [7, 11) is 0. The summed E-state index contributed by atoms with van der Waals surface area (Å²) in [5.74, 6) is -5.37. The predicted molar refractivity (Wildman–Crippen MR) is 125 cm³/mol. The molecular formula is C23H34N4O8. The Morgan fingerprint density at radius 1 is 0.857 bits per heavy atom. The number of rotatable bonds is 14. The minimum Gasteiger partial charge on any atom is -0.481 e. The molecule has 12 heteroatoms. The number of aliphatic carboxylic acids is 2. The van der Waals surface area contributed by atoms with Crippen molar-refractivity contribution in [3.05, 3.63) is 35.9 Å². The Bertz CT molecular complexity index is 891. The first-order valence-corrected chi connectivity index (χ1v) is 11.2. The molecule has 0 aliphatic heterocycles. The number of amides is 3. The van der Waals surface area contributed by atoms with Crippen molar-refractivity contribution in [3.63, 3.8) is 0 Å². The Balaban J connectivity index is 3.02. The Labute approximate surface area is 203 Å².